The summed E-state index contributed by atoms with van der Waals surface area (Å²) >= 11 is 0. The Kier molecular flexibility index (Phi) is 4.93. The van der Waals surface area contributed by atoms with Gasteiger partial charge in [0.2, 0.25) is 0 Å². The van der Waals surface area contributed by atoms with E-state index >= 15 is 0 Å². The third-order valence-electron chi connectivity index (χ3n) is 2.45. The largest absolute Gasteiger partial charge is 0.394 e. The minimum absolute atomic E-state index is 0.130. The highest BCUT2D eigenvalue weighted by Gasteiger charge is 2.07. The van der Waals surface area contributed by atoms with Crippen LogP contribution in [0.1, 0.15) is 15.9 Å². The second kappa shape index (κ2) is 6.22. The maximum absolute atomic E-state index is 11.4. The molecule has 1 aromatic carbocycles. The molecule has 0 aliphatic rings. The van der Waals surface area contributed by atoms with E-state index in [-0.39, 0.29) is 19.1 Å². The summed E-state index contributed by atoms with van der Waals surface area (Å²) in [6, 6.07) is 5.26. The number of aliphatic hydroxyl groups excluding tert-OH is 2. The fourth-order valence-electron chi connectivity index (χ4n) is 1.44. The molecule has 5 heteroatoms. The van der Waals surface area contributed by atoms with Crippen molar-refractivity contribution in [1.29, 1.82) is 0 Å². The van der Waals surface area contributed by atoms with Gasteiger partial charge in [-0.15, -0.1) is 0 Å². The molecular weight excluding hydrogens is 220 g/mol. The van der Waals surface area contributed by atoms with Crippen molar-refractivity contribution >= 4 is 11.6 Å². The molecule has 5 nitrogen and oxygen atoms in total. The minimum atomic E-state index is -0.784. The van der Waals surface area contributed by atoms with E-state index < -0.39 is 6.10 Å². The number of hydrogen-bond donors (Lipinski definition) is 4. The van der Waals surface area contributed by atoms with E-state index in [2.05, 4.69) is 10.6 Å². The Morgan fingerprint density at radius 3 is 2.71 bits per heavy atom. The van der Waals surface area contributed by atoms with Crippen molar-refractivity contribution in [3.63, 3.8) is 0 Å². The SMILES string of the molecule is CNC(=O)c1ccc(NCC(O)CO)c(C)c1. The molecule has 17 heavy (non-hydrogen) atoms. The van der Waals surface area contributed by atoms with E-state index in [4.69, 9.17) is 5.11 Å². The number of benzene rings is 1. The summed E-state index contributed by atoms with van der Waals surface area (Å²) in [5.74, 6) is -0.130. The van der Waals surface area contributed by atoms with Crippen molar-refractivity contribution in [3.8, 4) is 0 Å². The number of aryl methyl sites for hydroxylation is 1. The fraction of sp³-hybridized carbons (Fsp3) is 0.417. The zero-order valence-electron chi connectivity index (χ0n) is 10.0. The maximum atomic E-state index is 11.4. The Morgan fingerprint density at radius 1 is 1.47 bits per heavy atom. The molecule has 0 fully saturated rings. The van der Waals surface area contributed by atoms with Crippen LogP contribution in [0.5, 0.6) is 0 Å². The summed E-state index contributed by atoms with van der Waals surface area (Å²) in [5, 5.41) is 23.5. The van der Waals surface area contributed by atoms with Crippen molar-refractivity contribution in [1.82, 2.24) is 5.32 Å². The third-order valence-corrected chi connectivity index (χ3v) is 2.45. The molecule has 0 saturated carbocycles. The average molecular weight is 238 g/mol. The van der Waals surface area contributed by atoms with Crippen molar-refractivity contribution in [2.75, 3.05) is 25.5 Å². The van der Waals surface area contributed by atoms with Gasteiger partial charge in [0.1, 0.15) is 0 Å². The second-order valence-electron chi connectivity index (χ2n) is 3.83. The molecule has 0 aliphatic carbocycles. The maximum Gasteiger partial charge on any atom is 0.251 e. The van der Waals surface area contributed by atoms with Crippen LogP contribution in [0.15, 0.2) is 18.2 Å². The van der Waals surface area contributed by atoms with Gasteiger partial charge < -0.3 is 20.8 Å². The fourth-order valence-corrected chi connectivity index (χ4v) is 1.44. The number of nitrogens with one attached hydrogen (secondary N) is 2. The van der Waals surface area contributed by atoms with E-state index in [0.29, 0.717) is 5.56 Å². The number of rotatable bonds is 5. The lowest BCUT2D eigenvalue weighted by Crippen LogP contribution is -2.23. The standard InChI is InChI=1S/C12H18N2O3/c1-8-5-9(12(17)13-2)3-4-11(8)14-6-10(16)7-15/h3-5,10,14-16H,6-7H2,1-2H3,(H,13,17). The number of hydrogen-bond acceptors (Lipinski definition) is 4. The molecule has 0 aliphatic heterocycles. The molecule has 0 spiro atoms. The van der Waals surface area contributed by atoms with Gasteiger partial charge in [0.25, 0.3) is 5.91 Å². The number of anilines is 1. The van der Waals surface area contributed by atoms with Gasteiger partial charge in [-0.05, 0) is 30.7 Å². The molecule has 1 atom stereocenters. The molecule has 0 bridgehead atoms. The quantitative estimate of drug-likeness (QED) is 0.587. The number of aliphatic hydroxyl groups is 2. The number of amides is 1. The lowest BCUT2D eigenvalue weighted by molar-refractivity contribution is 0.0963. The third kappa shape index (κ3) is 3.72. The highest BCUT2D eigenvalue weighted by molar-refractivity contribution is 5.94. The monoisotopic (exact) mass is 238 g/mol. The Bertz CT molecular complexity index is 393. The normalized spacial score (nSPS) is 12.0. The highest BCUT2D eigenvalue weighted by atomic mass is 16.3. The van der Waals surface area contributed by atoms with Crippen LogP contribution in [0.4, 0.5) is 5.69 Å². The first-order chi connectivity index (χ1) is 8.08. The highest BCUT2D eigenvalue weighted by Crippen LogP contribution is 2.16. The summed E-state index contributed by atoms with van der Waals surface area (Å²) in [5.41, 5.74) is 2.35. The molecule has 1 amide bonds. The van der Waals surface area contributed by atoms with Crippen LogP contribution in [-0.2, 0) is 0 Å². The van der Waals surface area contributed by atoms with Crippen LogP contribution in [-0.4, -0.2) is 42.4 Å². The first-order valence-electron chi connectivity index (χ1n) is 5.44. The van der Waals surface area contributed by atoms with Gasteiger partial charge in [-0.1, -0.05) is 0 Å². The van der Waals surface area contributed by atoms with E-state index in [1.165, 1.54) is 0 Å². The average Bonchev–Trinajstić information content (AvgIpc) is 2.35. The summed E-state index contributed by atoms with van der Waals surface area (Å²) in [4.78, 5) is 11.4. The van der Waals surface area contributed by atoms with Crippen LogP contribution in [0.25, 0.3) is 0 Å². The topological polar surface area (TPSA) is 81.6 Å². The predicted octanol–water partition coefficient (Wildman–Crippen LogP) is 0.120. The summed E-state index contributed by atoms with van der Waals surface area (Å²) in [6.45, 7) is 1.87. The first kappa shape index (κ1) is 13.5. The van der Waals surface area contributed by atoms with Crippen molar-refractivity contribution in [2.24, 2.45) is 0 Å². The smallest absolute Gasteiger partial charge is 0.251 e. The molecular formula is C12H18N2O3. The summed E-state index contributed by atoms with van der Waals surface area (Å²) in [7, 11) is 1.58. The number of carbonyl (C=O) groups is 1. The van der Waals surface area contributed by atoms with E-state index in [1.807, 2.05) is 6.92 Å². The molecule has 1 unspecified atom stereocenters. The molecule has 1 rings (SSSR count). The number of carbonyl (C=O) groups excluding carboxylic acids is 1. The van der Waals surface area contributed by atoms with Gasteiger partial charge in [-0.3, -0.25) is 4.79 Å². The van der Waals surface area contributed by atoms with Crippen LogP contribution in [0.3, 0.4) is 0 Å². The van der Waals surface area contributed by atoms with Crippen molar-refractivity contribution in [2.45, 2.75) is 13.0 Å². The zero-order chi connectivity index (χ0) is 12.8. The van der Waals surface area contributed by atoms with E-state index in [9.17, 15) is 9.90 Å². The van der Waals surface area contributed by atoms with Gasteiger partial charge >= 0.3 is 0 Å². The molecule has 0 saturated heterocycles. The second-order valence-corrected chi connectivity index (χ2v) is 3.83. The first-order valence-corrected chi connectivity index (χ1v) is 5.44. The lowest BCUT2D eigenvalue weighted by atomic mass is 10.1. The van der Waals surface area contributed by atoms with Gasteiger partial charge in [0, 0.05) is 24.8 Å². The van der Waals surface area contributed by atoms with E-state index in [1.54, 1.807) is 25.2 Å². The molecule has 4 N–H and O–H groups in total. The van der Waals surface area contributed by atoms with Gasteiger partial charge in [0.05, 0.1) is 12.7 Å². The van der Waals surface area contributed by atoms with Crippen LogP contribution >= 0.6 is 0 Å². The molecule has 0 heterocycles. The van der Waals surface area contributed by atoms with Gasteiger partial charge in [-0.25, -0.2) is 0 Å². The Morgan fingerprint density at radius 2 is 2.18 bits per heavy atom. The Labute approximate surface area is 100 Å². The van der Waals surface area contributed by atoms with Crippen LogP contribution < -0.4 is 10.6 Å². The van der Waals surface area contributed by atoms with Gasteiger partial charge in [-0.2, -0.15) is 0 Å². The van der Waals surface area contributed by atoms with Crippen LogP contribution in [0.2, 0.25) is 0 Å². The Hall–Kier alpha value is -1.59. The Balaban J connectivity index is 2.73. The summed E-state index contributed by atoms with van der Waals surface area (Å²) < 4.78 is 0. The van der Waals surface area contributed by atoms with Crippen molar-refractivity contribution in [3.05, 3.63) is 29.3 Å². The minimum Gasteiger partial charge on any atom is -0.394 e. The van der Waals surface area contributed by atoms with Crippen LogP contribution in [0, 0.1) is 6.92 Å². The zero-order valence-corrected chi connectivity index (χ0v) is 10.0. The summed E-state index contributed by atoms with van der Waals surface area (Å²) in [6.07, 6.45) is -0.784. The van der Waals surface area contributed by atoms with Crippen molar-refractivity contribution < 1.29 is 15.0 Å². The van der Waals surface area contributed by atoms with E-state index in [0.717, 1.165) is 11.3 Å². The molecule has 0 radical (unpaired) electrons. The lowest BCUT2D eigenvalue weighted by Gasteiger charge is -2.13. The van der Waals surface area contributed by atoms with Gasteiger partial charge in [0.15, 0.2) is 0 Å². The molecule has 1 aromatic rings. The molecule has 0 aromatic heterocycles. The predicted molar refractivity (Wildman–Crippen MR) is 66.2 cm³/mol. The molecule has 94 valence electrons.